The Bertz CT molecular complexity index is 1170. The number of nitrogens with zero attached hydrogens (tertiary/aromatic N) is 5. The molecule has 3 aromatic rings. The molecule has 1 aliphatic rings. The van der Waals surface area contributed by atoms with Gasteiger partial charge >= 0.3 is 12.1 Å². The first-order valence-electron chi connectivity index (χ1n) is 10.4. The summed E-state index contributed by atoms with van der Waals surface area (Å²) in [5, 5.41) is 23.0. The van der Waals surface area contributed by atoms with Crippen molar-refractivity contribution in [3.63, 3.8) is 0 Å². The molecule has 4 rings (SSSR count). The molecule has 35 heavy (non-hydrogen) atoms. The number of fused-ring (bicyclic) bond motifs is 1. The molecule has 1 aromatic carbocycles. The molecule has 10 nitrogen and oxygen atoms in total. The van der Waals surface area contributed by atoms with Crippen LogP contribution < -0.4 is 10.1 Å². The van der Waals surface area contributed by atoms with E-state index in [1.54, 1.807) is 35.9 Å². The zero-order valence-electron chi connectivity index (χ0n) is 18.5. The molecule has 1 saturated heterocycles. The van der Waals surface area contributed by atoms with E-state index in [4.69, 9.17) is 14.6 Å². The summed E-state index contributed by atoms with van der Waals surface area (Å²) in [5.41, 5.74) is 1.58. The van der Waals surface area contributed by atoms with Crippen molar-refractivity contribution in [2.24, 2.45) is 0 Å². The molecule has 0 aliphatic carbocycles. The molecule has 188 valence electrons. The summed E-state index contributed by atoms with van der Waals surface area (Å²) in [6.07, 6.45) is -4.33. The van der Waals surface area contributed by atoms with Crippen LogP contribution in [0.2, 0.25) is 0 Å². The lowest BCUT2D eigenvalue weighted by atomic mass is 10.0. The van der Waals surface area contributed by atoms with Crippen molar-refractivity contribution < 1.29 is 37.0 Å². The third kappa shape index (κ3) is 6.85. The molecule has 0 spiro atoms. The van der Waals surface area contributed by atoms with E-state index in [0.29, 0.717) is 49.8 Å². The number of carboxylic acid groups (broad SMARTS) is 1. The number of nitrogens with one attached hydrogen (secondary N) is 1. The minimum absolute atomic E-state index is 0.00171. The van der Waals surface area contributed by atoms with Crippen LogP contribution >= 0.6 is 0 Å². The second-order valence-corrected chi connectivity index (χ2v) is 7.46. The van der Waals surface area contributed by atoms with Crippen LogP contribution in [0.15, 0.2) is 36.4 Å². The van der Waals surface area contributed by atoms with E-state index in [9.17, 15) is 22.4 Å². The van der Waals surface area contributed by atoms with Crippen molar-refractivity contribution in [3.8, 4) is 5.88 Å². The van der Waals surface area contributed by atoms with Crippen molar-refractivity contribution in [2.75, 3.05) is 26.7 Å². The fourth-order valence-corrected chi connectivity index (χ4v) is 3.35. The van der Waals surface area contributed by atoms with Crippen molar-refractivity contribution >= 4 is 17.5 Å². The maximum Gasteiger partial charge on any atom is 0.490 e. The number of aliphatic carboxylic acids is 1. The van der Waals surface area contributed by atoms with E-state index in [0.717, 1.165) is 5.56 Å². The molecule has 2 N–H and O–H groups in total. The average Bonchev–Trinajstić information content (AvgIpc) is 3.25. The van der Waals surface area contributed by atoms with Crippen molar-refractivity contribution in [2.45, 2.75) is 25.1 Å². The predicted molar refractivity (Wildman–Crippen MR) is 113 cm³/mol. The maximum absolute atomic E-state index is 13.1. The van der Waals surface area contributed by atoms with Gasteiger partial charge in [-0.1, -0.05) is 12.1 Å². The number of hydrogen-bond acceptors (Lipinski definition) is 7. The maximum atomic E-state index is 13.1. The van der Waals surface area contributed by atoms with Crippen molar-refractivity contribution in [1.82, 2.24) is 30.0 Å². The lowest BCUT2D eigenvalue weighted by Gasteiger charge is -2.34. The van der Waals surface area contributed by atoms with Gasteiger partial charge in [-0.25, -0.2) is 9.18 Å². The first kappa shape index (κ1) is 25.8. The van der Waals surface area contributed by atoms with Gasteiger partial charge in [0.15, 0.2) is 11.5 Å². The summed E-state index contributed by atoms with van der Waals surface area (Å²) < 4.78 is 51.6. The first-order valence-corrected chi connectivity index (χ1v) is 10.4. The quantitative estimate of drug-likeness (QED) is 0.513. The number of piperazine rings is 1. The van der Waals surface area contributed by atoms with E-state index < -0.39 is 12.1 Å². The zero-order chi connectivity index (χ0) is 25.6. The number of hydrogen-bond donors (Lipinski definition) is 2. The second kappa shape index (κ2) is 11.1. The van der Waals surface area contributed by atoms with Crippen molar-refractivity contribution in [3.05, 3.63) is 53.6 Å². The fourth-order valence-electron chi connectivity index (χ4n) is 3.35. The average molecular weight is 498 g/mol. The minimum Gasteiger partial charge on any atom is -0.480 e. The third-order valence-electron chi connectivity index (χ3n) is 5.12. The molecule has 3 heterocycles. The molecule has 1 amide bonds. The van der Waals surface area contributed by atoms with Crippen LogP contribution in [-0.4, -0.2) is 74.6 Å². The molecule has 2 aromatic heterocycles. The highest BCUT2D eigenvalue weighted by molar-refractivity contribution is 5.76. The lowest BCUT2D eigenvalue weighted by molar-refractivity contribution is -0.192. The molecular weight excluding hydrogens is 476 g/mol. The summed E-state index contributed by atoms with van der Waals surface area (Å²) in [5.74, 6) is -1.89. The molecule has 1 unspecified atom stereocenters. The number of methoxy groups -OCH3 is 1. The third-order valence-corrected chi connectivity index (χ3v) is 5.12. The van der Waals surface area contributed by atoms with E-state index >= 15 is 0 Å². The zero-order valence-corrected chi connectivity index (χ0v) is 18.5. The van der Waals surface area contributed by atoms with Crippen LogP contribution in [0.25, 0.3) is 5.65 Å². The predicted octanol–water partition coefficient (Wildman–Crippen LogP) is 2.01. The number of ether oxygens (including phenoxy) is 1. The van der Waals surface area contributed by atoms with Crippen molar-refractivity contribution in [1.29, 1.82) is 0 Å². The Morgan fingerprint density at radius 1 is 1.17 bits per heavy atom. The van der Waals surface area contributed by atoms with Crippen LogP contribution in [0.4, 0.5) is 17.6 Å². The van der Waals surface area contributed by atoms with E-state index in [-0.39, 0.29) is 17.8 Å². The SMILES string of the molecule is COc1ccc2nnc(CCC(=O)N3CCNC(c4ccc(F)cc4)C3)n2n1.O=C(O)C(F)(F)F. The number of benzene rings is 1. The second-order valence-electron chi connectivity index (χ2n) is 7.46. The highest BCUT2D eigenvalue weighted by Gasteiger charge is 2.38. The van der Waals surface area contributed by atoms with E-state index in [1.165, 1.54) is 12.1 Å². The van der Waals surface area contributed by atoms with Crippen LogP contribution in [0, 0.1) is 5.82 Å². The molecule has 14 heteroatoms. The molecule has 1 atom stereocenters. The Labute approximate surface area is 196 Å². The number of amides is 1. The number of carboxylic acids is 1. The number of carbonyl (C=O) groups excluding carboxylic acids is 1. The first-order chi connectivity index (χ1) is 16.6. The van der Waals surface area contributed by atoms with Gasteiger partial charge in [-0.3, -0.25) is 4.79 Å². The standard InChI is InChI=1S/C19H21FN6O2.C2HF3O2/c1-28-18-8-6-16-22-23-17(26(16)24-18)7-9-19(27)25-11-10-21-15(12-25)13-2-4-14(20)5-3-13;3-2(4,5)1(6)7/h2-6,8,15,21H,7,9-12H2,1H3;(H,6,7). The van der Waals surface area contributed by atoms with Crippen LogP contribution in [0.3, 0.4) is 0 Å². The van der Waals surface area contributed by atoms with Gasteiger partial charge in [0.25, 0.3) is 0 Å². The summed E-state index contributed by atoms with van der Waals surface area (Å²) in [6, 6.07) is 9.87. The number of rotatable bonds is 5. The van der Waals surface area contributed by atoms with Gasteiger partial charge in [0.1, 0.15) is 5.82 Å². The Morgan fingerprint density at radius 3 is 2.49 bits per heavy atom. The van der Waals surface area contributed by atoms with Gasteiger partial charge < -0.3 is 20.1 Å². The fraction of sp³-hybridized carbons (Fsp3) is 0.381. The van der Waals surface area contributed by atoms with Gasteiger partial charge in [-0.05, 0) is 23.8 Å². The van der Waals surface area contributed by atoms with E-state index in [1.807, 2.05) is 4.90 Å². The van der Waals surface area contributed by atoms with Crippen LogP contribution in [0.5, 0.6) is 5.88 Å². The van der Waals surface area contributed by atoms with E-state index in [2.05, 4.69) is 20.6 Å². The molecule has 1 aliphatic heterocycles. The van der Waals surface area contributed by atoms with Gasteiger partial charge in [0.2, 0.25) is 11.8 Å². The largest absolute Gasteiger partial charge is 0.490 e. The molecule has 1 fully saturated rings. The normalized spacial score (nSPS) is 15.9. The highest BCUT2D eigenvalue weighted by atomic mass is 19.4. The topological polar surface area (TPSA) is 122 Å². The number of halogens is 4. The van der Waals surface area contributed by atoms with Gasteiger partial charge in [-0.15, -0.1) is 15.3 Å². The molecule has 0 bridgehead atoms. The highest BCUT2D eigenvalue weighted by Crippen LogP contribution is 2.19. The summed E-state index contributed by atoms with van der Waals surface area (Å²) in [4.78, 5) is 23.4. The molecular formula is C21H22F4N6O4. The Morgan fingerprint density at radius 2 is 1.86 bits per heavy atom. The van der Waals surface area contributed by atoms with Gasteiger partial charge in [-0.2, -0.15) is 17.7 Å². The summed E-state index contributed by atoms with van der Waals surface area (Å²) in [6.45, 7) is 1.89. The Hall–Kier alpha value is -3.81. The number of carbonyl (C=O) groups is 2. The van der Waals surface area contributed by atoms with Gasteiger partial charge in [0, 0.05) is 44.6 Å². The number of aryl methyl sites for hydroxylation is 1. The molecule has 0 saturated carbocycles. The summed E-state index contributed by atoms with van der Waals surface area (Å²) in [7, 11) is 1.55. The summed E-state index contributed by atoms with van der Waals surface area (Å²) >= 11 is 0. The molecule has 0 radical (unpaired) electrons. The minimum atomic E-state index is -5.08. The van der Waals surface area contributed by atoms with Crippen LogP contribution in [0.1, 0.15) is 23.9 Å². The lowest BCUT2D eigenvalue weighted by Crippen LogP contribution is -2.48. The monoisotopic (exact) mass is 498 g/mol. The van der Waals surface area contributed by atoms with Gasteiger partial charge in [0.05, 0.1) is 7.11 Å². The smallest absolute Gasteiger partial charge is 0.480 e. The number of aromatic nitrogens is 4. The van der Waals surface area contributed by atoms with Crippen LogP contribution in [-0.2, 0) is 16.0 Å². The Balaban J connectivity index is 0.000000429. The Kier molecular flexibility index (Phi) is 8.17. The number of alkyl halides is 3.